The van der Waals surface area contributed by atoms with Crippen molar-refractivity contribution < 1.29 is 23.5 Å². The third kappa shape index (κ3) is 4.79. The minimum absolute atomic E-state index is 0.129. The Morgan fingerprint density at radius 1 is 1.06 bits per heavy atom. The van der Waals surface area contributed by atoms with Crippen LogP contribution in [0, 0.1) is 0 Å². The van der Waals surface area contributed by atoms with Gasteiger partial charge in [0.2, 0.25) is 5.91 Å². The van der Waals surface area contributed by atoms with Crippen LogP contribution < -0.4 is 15.3 Å². The number of hydrogen-bond donors (Lipinski definition) is 0. The van der Waals surface area contributed by atoms with Crippen molar-refractivity contribution in [3.05, 3.63) is 70.6 Å². The van der Waals surface area contributed by atoms with Gasteiger partial charge < -0.3 is 13.9 Å². The first-order chi connectivity index (χ1) is 16.9. The number of esters is 1. The smallest absolute Gasteiger partial charge is 0.336 e. The summed E-state index contributed by atoms with van der Waals surface area (Å²) in [7, 11) is 2.92. The van der Waals surface area contributed by atoms with Crippen molar-refractivity contribution in [1.29, 1.82) is 0 Å². The summed E-state index contributed by atoms with van der Waals surface area (Å²) in [5, 5.41) is 0.835. The summed E-state index contributed by atoms with van der Waals surface area (Å²) in [5.41, 5.74) is 0.472. The van der Waals surface area contributed by atoms with E-state index in [9.17, 15) is 14.4 Å². The van der Waals surface area contributed by atoms with Gasteiger partial charge in [-0.2, -0.15) is 0 Å². The van der Waals surface area contributed by atoms with Crippen LogP contribution in [0.2, 0.25) is 0 Å². The van der Waals surface area contributed by atoms with Crippen molar-refractivity contribution in [3.63, 3.8) is 0 Å². The van der Waals surface area contributed by atoms with Gasteiger partial charge in [0.25, 0.3) is 0 Å². The zero-order valence-electron chi connectivity index (χ0n) is 20.3. The third-order valence-corrected chi connectivity index (χ3v) is 6.67. The quantitative estimate of drug-likeness (QED) is 0.377. The van der Waals surface area contributed by atoms with E-state index in [1.807, 2.05) is 42.5 Å². The van der Waals surface area contributed by atoms with Gasteiger partial charge >= 0.3 is 11.6 Å². The van der Waals surface area contributed by atoms with Gasteiger partial charge in [-0.3, -0.25) is 14.6 Å². The molecule has 1 saturated heterocycles. The van der Waals surface area contributed by atoms with Gasteiger partial charge in [-0.1, -0.05) is 25.1 Å². The van der Waals surface area contributed by atoms with Crippen LogP contribution in [0.1, 0.15) is 31.7 Å². The van der Waals surface area contributed by atoms with Crippen LogP contribution in [0.4, 0.5) is 5.69 Å². The van der Waals surface area contributed by atoms with Gasteiger partial charge in [0, 0.05) is 49.3 Å². The van der Waals surface area contributed by atoms with Crippen molar-refractivity contribution in [2.75, 3.05) is 32.2 Å². The number of nitrogens with zero attached hydrogens (tertiary/aromatic N) is 2. The van der Waals surface area contributed by atoms with Gasteiger partial charge in [0.05, 0.1) is 14.2 Å². The molecule has 3 aromatic rings. The number of benzene rings is 2. The molecule has 0 radical (unpaired) electrons. The lowest BCUT2D eigenvalue weighted by atomic mass is 9.84. The maximum Gasteiger partial charge on any atom is 0.336 e. The minimum atomic E-state index is -1.09. The van der Waals surface area contributed by atoms with Gasteiger partial charge in [-0.05, 0) is 42.7 Å². The number of hydrogen-bond acceptors (Lipinski definition) is 7. The summed E-state index contributed by atoms with van der Waals surface area (Å²) < 4.78 is 15.8. The molecule has 1 amide bonds. The lowest BCUT2D eigenvalue weighted by molar-refractivity contribution is -0.151. The highest BCUT2D eigenvalue weighted by Gasteiger charge is 2.49. The highest BCUT2D eigenvalue weighted by molar-refractivity contribution is 6.02. The van der Waals surface area contributed by atoms with Crippen LogP contribution in [-0.4, -0.2) is 49.6 Å². The van der Waals surface area contributed by atoms with E-state index in [4.69, 9.17) is 13.9 Å². The summed E-state index contributed by atoms with van der Waals surface area (Å²) in [4.78, 5) is 42.3. The van der Waals surface area contributed by atoms with Crippen LogP contribution in [0.15, 0.2) is 63.8 Å². The Kier molecular flexibility index (Phi) is 7.21. The standard InChI is InChI=1S/C27H30N2O6/c1-4-24(30)29(20-8-6-5-7-9-20)27(26(32)34-3)12-14-28(15-13-27)18-19-16-25(31)35-23-17-21(33-2)10-11-22(19)23/h5-11,16-17H,4,12-15,18H2,1-3H3. The molecule has 4 rings (SSSR count). The number of amides is 1. The molecule has 0 aliphatic carbocycles. The Balaban J connectivity index is 1.62. The van der Waals surface area contributed by atoms with E-state index in [0.29, 0.717) is 49.5 Å². The molecule has 0 atom stereocenters. The molecule has 1 fully saturated rings. The molecule has 1 aromatic heterocycles. The summed E-state index contributed by atoms with van der Waals surface area (Å²) in [6.07, 6.45) is 1.09. The van der Waals surface area contributed by atoms with Gasteiger partial charge in [-0.25, -0.2) is 9.59 Å². The second kappa shape index (κ2) is 10.3. The molecular weight excluding hydrogens is 448 g/mol. The number of fused-ring (bicyclic) bond motifs is 1. The fourth-order valence-electron chi connectivity index (χ4n) is 4.86. The SMILES string of the molecule is CCC(=O)N(c1ccccc1)C1(C(=O)OC)CCN(Cc2cc(=O)oc3cc(OC)ccc23)CC1. The van der Waals surface area contributed by atoms with E-state index in [1.165, 1.54) is 13.2 Å². The molecule has 2 heterocycles. The number of rotatable bonds is 7. The monoisotopic (exact) mass is 478 g/mol. The predicted octanol–water partition coefficient (Wildman–Crippen LogP) is 3.75. The molecule has 0 saturated carbocycles. The van der Waals surface area contributed by atoms with Crippen LogP contribution in [0.25, 0.3) is 11.0 Å². The molecule has 0 N–H and O–H groups in total. The molecule has 8 heteroatoms. The van der Waals surface area contributed by atoms with E-state index in [2.05, 4.69) is 4.90 Å². The zero-order valence-corrected chi connectivity index (χ0v) is 20.3. The average molecular weight is 479 g/mol. The van der Waals surface area contributed by atoms with E-state index in [-0.39, 0.29) is 12.3 Å². The Morgan fingerprint density at radius 3 is 2.40 bits per heavy atom. The Morgan fingerprint density at radius 2 is 1.77 bits per heavy atom. The molecular formula is C27H30N2O6. The fraction of sp³-hybridized carbons (Fsp3) is 0.370. The second-order valence-corrected chi connectivity index (χ2v) is 8.67. The van der Waals surface area contributed by atoms with Crippen molar-refractivity contribution in [2.45, 2.75) is 38.3 Å². The Labute approximate surface area is 204 Å². The van der Waals surface area contributed by atoms with Gasteiger partial charge in [-0.15, -0.1) is 0 Å². The first-order valence-electron chi connectivity index (χ1n) is 11.7. The first-order valence-corrected chi connectivity index (χ1v) is 11.7. The highest BCUT2D eigenvalue weighted by atomic mass is 16.5. The molecule has 2 aromatic carbocycles. The summed E-state index contributed by atoms with van der Waals surface area (Å²) in [6, 6.07) is 16.2. The van der Waals surface area contributed by atoms with E-state index in [0.717, 1.165) is 10.9 Å². The molecule has 35 heavy (non-hydrogen) atoms. The van der Waals surface area contributed by atoms with Crippen LogP contribution in [0.3, 0.4) is 0 Å². The second-order valence-electron chi connectivity index (χ2n) is 8.67. The molecule has 184 valence electrons. The summed E-state index contributed by atoms with van der Waals surface area (Å²) >= 11 is 0. The number of carbonyl (C=O) groups excluding carboxylic acids is 2. The normalized spacial score (nSPS) is 15.5. The molecule has 0 unspecified atom stereocenters. The van der Waals surface area contributed by atoms with Crippen molar-refractivity contribution >= 4 is 28.5 Å². The first kappa shape index (κ1) is 24.5. The Hall–Kier alpha value is -3.65. The van der Waals surface area contributed by atoms with Crippen LogP contribution in [0.5, 0.6) is 5.75 Å². The molecule has 0 bridgehead atoms. The number of methoxy groups -OCH3 is 2. The lowest BCUT2D eigenvalue weighted by Crippen LogP contribution is -2.62. The third-order valence-electron chi connectivity index (χ3n) is 6.67. The molecule has 1 aliphatic rings. The fourth-order valence-corrected chi connectivity index (χ4v) is 4.86. The van der Waals surface area contributed by atoms with E-state index in [1.54, 1.807) is 25.0 Å². The predicted molar refractivity (Wildman–Crippen MR) is 133 cm³/mol. The molecule has 8 nitrogen and oxygen atoms in total. The summed E-state index contributed by atoms with van der Waals surface area (Å²) in [6.45, 7) is 3.40. The lowest BCUT2D eigenvalue weighted by Gasteiger charge is -2.46. The topological polar surface area (TPSA) is 89.3 Å². The Bertz CT molecular complexity index is 1260. The van der Waals surface area contributed by atoms with Gasteiger partial charge in [0.15, 0.2) is 0 Å². The zero-order chi connectivity index (χ0) is 25.0. The number of piperidine rings is 1. The van der Waals surface area contributed by atoms with E-state index < -0.39 is 17.1 Å². The number of ether oxygens (including phenoxy) is 2. The van der Waals surface area contributed by atoms with Crippen LogP contribution >= 0.6 is 0 Å². The maximum absolute atomic E-state index is 13.2. The van der Waals surface area contributed by atoms with Crippen molar-refractivity contribution in [2.24, 2.45) is 0 Å². The largest absolute Gasteiger partial charge is 0.497 e. The minimum Gasteiger partial charge on any atom is -0.497 e. The molecule has 0 spiro atoms. The number of para-hydroxylation sites is 1. The summed E-state index contributed by atoms with van der Waals surface area (Å²) in [5.74, 6) is 0.0663. The average Bonchev–Trinajstić information content (AvgIpc) is 2.89. The molecule has 1 aliphatic heterocycles. The number of likely N-dealkylation sites (tertiary alicyclic amines) is 1. The van der Waals surface area contributed by atoms with Crippen molar-refractivity contribution in [1.82, 2.24) is 4.90 Å². The van der Waals surface area contributed by atoms with Crippen LogP contribution in [-0.2, 0) is 20.9 Å². The highest BCUT2D eigenvalue weighted by Crippen LogP contribution is 2.36. The van der Waals surface area contributed by atoms with Crippen molar-refractivity contribution in [3.8, 4) is 5.75 Å². The number of anilines is 1. The van der Waals surface area contributed by atoms with E-state index >= 15 is 0 Å². The number of carbonyl (C=O) groups is 2. The maximum atomic E-state index is 13.2. The van der Waals surface area contributed by atoms with Gasteiger partial charge in [0.1, 0.15) is 16.9 Å².